The highest BCUT2D eigenvalue weighted by Crippen LogP contribution is 2.17. The molecule has 1 aromatic carbocycles. The Morgan fingerprint density at radius 2 is 2.00 bits per heavy atom. The Hall–Kier alpha value is -1.71. The molecule has 4 nitrogen and oxygen atoms in total. The van der Waals surface area contributed by atoms with Crippen LogP contribution in [0.1, 0.15) is 26.3 Å². The first-order valence-corrected chi connectivity index (χ1v) is 6.27. The van der Waals surface area contributed by atoms with E-state index in [2.05, 4.69) is 10.3 Å². The summed E-state index contributed by atoms with van der Waals surface area (Å²) in [5.74, 6) is 1.36. The molecule has 0 saturated heterocycles. The quantitative estimate of drug-likeness (QED) is 0.620. The highest BCUT2D eigenvalue weighted by atomic mass is 16.5. The molecule has 0 aliphatic rings. The van der Waals surface area contributed by atoms with Gasteiger partial charge in [-0.3, -0.25) is 0 Å². The molecule has 1 aromatic rings. The first-order chi connectivity index (χ1) is 8.49. The van der Waals surface area contributed by atoms with E-state index in [1.807, 2.05) is 52.0 Å². The predicted octanol–water partition coefficient (Wildman–Crippen LogP) is 2.08. The average molecular weight is 249 g/mol. The molecule has 0 radical (unpaired) electrons. The highest BCUT2D eigenvalue weighted by molar-refractivity contribution is 5.78. The van der Waals surface area contributed by atoms with Gasteiger partial charge in [-0.25, -0.2) is 4.99 Å². The summed E-state index contributed by atoms with van der Waals surface area (Å²) in [4.78, 5) is 4.25. The molecular formula is C14H23N3O. The average Bonchev–Trinajstić information content (AvgIpc) is 2.29. The lowest BCUT2D eigenvalue weighted by Gasteiger charge is -2.15. The molecule has 0 fully saturated rings. The van der Waals surface area contributed by atoms with Gasteiger partial charge in [0.05, 0.1) is 6.54 Å². The van der Waals surface area contributed by atoms with Gasteiger partial charge in [-0.15, -0.1) is 0 Å². The van der Waals surface area contributed by atoms with Crippen molar-refractivity contribution in [3.63, 3.8) is 0 Å². The number of hydrogen-bond donors (Lipinski definition) is 2. The van der Waals surface area contributed by atoms with Crippen LogP contribution in [0.5, 0.6) is 5.75 Å². The Kier molecular flexibility index (Phi) is 5.49. The lowest BCUT2D eigenvalue weighted by atomic mass is 10.2. The van der Waals surface area contributed by atoms with E-state index in [-0.39, 0.29) is 6.10 Å². The summed E-state index contributed by atoms with van der Waals surface area (Å²) < 4.78 is 5.81. The van der Waals surface area contributed by atoms with E-state index in [0.717, 1.165) is 11.3 Å². The molecule has 0 bridgehead atoms. The van der Waals surface area contributed by atoms with Crippen LogP contribution in [0, 0.1) is 6.92 Å². The first-order valence-electron chi connectivity index (χ1n) is 6.27. The fraction of sp³-hybridized carbons (Fsp3) is 0.500. The summed E-state index contributed by atoms with van der Waals surface area (Å²) in [6.07, 6.45) is -0.00128. The second kappa shape index (κ2) is 6.89. The van der Waals surface area contributed by atoms with Gasteiger partial charge in [0.2, 0.25) is 0 Å². The van der Waals surface area contributed by atoms with Gasteiger partial charge in [0.25, 0.3) is 0 Å². The first kappa shape index (κ1) is 14.4. The summed E-state index contributed by atoms with van der Waals surface area (Å²) >= 11 is 0. The van der Waals surface area contributed by atoms with Crippen molar-refractivity contribution in [3.8, 4) is 5.75 Å². The van der Waals surface area contributed by atoms with Crippen LogP contribution in [0.4, 0.5) is 0 Å². The second-order valence-corrected chi connectivity index (χ2v) is 4.72. The number of aliphatic imine (C=N–C) groups is 1. The third kappa shape index (κ3) is 5.08. The zero-order valence-electron chi connectivity index (χ0n) is 11.6. The van der Waals surface area contributed by atoms with Crippen LogP contribution in [0.25, 0.3) is 0 Å². The van der Waals surface area contributed by atoms with Crippen LogP contribution in [0.2, 0.25) is 0 Å². The number of nitrogens with one attached hydrogen (secondary N) is 1. The number of rotatable bonds is 5. The molecule has 0 spiro atoms. The van der Waals surface area contributed by atoms with Gasteiger partial charge in [0, 0.05) is 6.04 Å². The summed E-state index contributed by atoms with van der Waals surface area (Å²) in [6, 6.07) is 8.25. The van der Waals surface area contributed by atoms with Crippen LogP contribution < -0.4 is 15.8 Å². The number of benzene rings is 1. The zero-order valence-corrected chi connectivity index (χ0v) is 11.6. The van der Waals surface area contributed by atoms with Crippen molar-refractivity contribution in [1.82, 2.24) is 5.32 Å². The van der Waals surface area contributed by atoms with Gasteiger partial charge in [0.15, 0.2) is 5.96 Å². The predicted molar refractivity (Wildman–Crippen MR) is 76.0 cm³/mol. The third-order valence-corrected chi connectivity index (χ3v) is 2.38. The van der Waals surface area contributed by atoms with E-state index in [9.17, 15) is 0 Å². The molecule has 100 valence electrons. The van der Waals surface area contributed by atoms with Crippen molar-refractivity contribution in [2.75, 3.05) is 6.54 Å². The van der Waals surface area contributed by atoms with Crippen LogP contribution in [0.3, 0.4) is 0 Å². The molecule has 3 N–H and O–H groups in total. The number of ether oxygens (including phenoxy) is 1. The lowest BCUT2D eigenvalue weighted by molar-refractivity contribution is 0.229. The summed E-state index contributed by atoms with van der Waals surface area (Å²) in [5, 5.41) is 3.05. The van der Waals surface area contributed by atoms with Gasteiger partial charge < -0.3 is 15.8 Å². The Bertz CT molecular complexity index is 402. The molecule has 0 saturated carbocycles. The van der Waals surface area contributed by atoms with Gasteiger partial charge in [0.1, 0.15) is 11.9 Å². The summed E-state index contributed by atoms with van der Waals surface area (Å²) in [5.41, 5.74) is 6.86. The minimum Gasteiger partial charge on any atom is -0.489 e. The van der Waals surface area contributed by atoms with Crippen molar-refractivity contribution in [1.29, 1.82) is 0 Å². The molecule has 0 aliphatic heterocycles. The molecule has 0 aromatic heterocycles. The number of hydrogen-bond acceptors (Lipinski definition) is 2. The number of nitrogens with zero attached hydrogens (tertiary/aromatic N) is 1. The van der Waals surface area contributed by atoms with Gasteiger partial charge >= 0.3 is 0 Å². The smallest absolute Gasteiger partial charge is 0.188 e. The van der Waals surface area contributed by atoms with Gasteiger partial charge in [-0.1, -0.05) is 18.2 Å². The Labute approximate surface area is 109 Å². The Morgan fingerprint density at radius 3 is 2.61 bits per heavy atom. The van der Waals surface area contributed by atoms with Gasteiger partial charge in [-0.2, -0.15) is 0 Å². The van der Waals surface area contributed by atoms with E-state index in [1.165, 1.54) is 0 Å². The van der Waals surface area contributed by atoms with Crippen molar-refractivity contribution in [3.05, 3.63) is 29.8 Å². The van der Waals surface area contributed by atoms with Gasteiger partial charge in [-0.05, 0) is 39.3 Å². The van der Waals surface area contributed by atoms with Crippen LogP contribution in [-0.4, -0.2) is 24.7 Å². The molecular weight excluding hydrogens is 226 g/mol. The summed E-state index contributed by atoms with van der Waals surface area (Å²) in [7, 11) is 0. The largest absolute Gasteiger partial charge is 0.489 e. The summed E-state index contributed by atoms with van der Waals surface area (Å²) in [6.45, 7) is 8.60. The van der Waals surface area contributed by atoms with Crippen molar-refractivity contribution in [2.45, 2.75) is 39.8 Å². The van der Waals surface area contributed by atoms with E-state index in [4.69, 9.17) is 10.5 Å². The van der Waals surface area contributed by atoms with Crippen LogP contribution in [-0.2, 0) is 0 Å². The molecule has 0 amide bonds. The third-order valence-electron chi connectivity index (χ3n) is 2.38. The van der Waals surface area contributed by atoms with Crippen LogP contribution in [0.15, 0.2) is 29.3 Å². The number of guanidine groups is 1. The number of nitrogens with two attached hydrogens (primary N) is 1. The van der Waals surface area contributed by atoms with E-state index in [1.54, 1.807) is 0 Å². The topological polar surface area (TPSA) is 59.6 Å². The van der Waals surface area contributed by atoms with Crippen molar-refractivity contribution in [2.24, 2.45) is 10.7 Å². The molecule has 1 atom stereocenters. The molecule has 1 unspecified atom stereocenters. The van der Waals surface area contributed by atoms with E-state index < -0.39 is 0 Å². The fourth-order valence-corrected chi connectivity index (χ4v) is 1.51. The second-order valence-electron chi connectivity index (χ2n) is 4.72. The monoisotopic (exact) mass is 249 g/mol. The fourth-order valence-electron chi connectivity index (χ4n) is 1.51. The minimum atomic E-state index is -0.00128. The molecule has 0 heterocycles. The molecule has 0 aliphatic carbocycles. The maximum absolute atomic E-state index is 5.81. The maximum Gasteiger partial charge on any atom is 0.188 e. The number of para-hydroxylation sites is 1. The minimum absolute atomic E-state index is 0.00128. The Morgan fingerprint density at radius 1 is 1.33 bits per heavy atom. The lowest BCUT2D eigenvalue weighted by Crippen LogP contribution is -2.37. The molecule has 4 heteroatoms. The normalized spacial score (nSPS) is 13.5. The van der Waals surface area contributed by atoms with Crippen LogP contribution >= 0.6 is 0 Å². The van der Waals surface area contributed by atoms with E-state index in [0.29, 0.717) is 18.5 Å². The molecule has 18 heavy (non-hydrogen) atoms. The Balaban J connectivity index is 2.47. The standard InChI is InChI=1S/C14H23N3O/c1-10(2)17-14(15)16-9-12(4)18-13-8-6-5-7-11(13)3/h5-8,10,12H,9H2,1-4H3,(H3,15,16,17). The number of aryl methyl sites for hydroxylation is 1. The molecule has 1 rings (SSSR count). The maximum atomic E-state index is 5.81. The van der Waals surface area contributed by atoms with Crippen molar-refractivity contribution < 1.29 is 4.74 Å². The zero-order chi connectivity index (χ0) is 13.5. The van der Waals surface area contributed by atoms with Crippen molar-refractivity contribution >= 4 is 5.96 Å². The SMILES string of the molecule is Cc1ccccc1OC(C)CN=C(N)NC(C)C. The van der Waals surface area contributed by atoms with E-state index >= 15 is 0 Å². The highest BCUT2D eigenvalue weighted by Gasteiger charge is 2.05.